The number of benzene rings is 2. The first kappa shape index (κ1) is 41.7. The van der Waals surface area contributed by atoms with Crippen LogP contribution in [0.5, 0.6) is 0 Å². The Morgan fingerprint density at radius 3 is 1.96 bits per heavy atom. The molecule has 2 aliphatic carbocycles. The Morgan fingerprint density at radius 2 is 1.39 bits per heavy atom. The zero-order chi connectivity index (χ0) is 38.6. The van der Waals surface area contributed by atoms with Crippen LogP contribution in [0.3, 0.4) is 0 Å². The van der Waals surface area contributed by atoms with Crippen molar-refractivity contribution in [3.05, 3.63) is 71.3 Å². The first-order valence-corrected chi connectivity index (χ1v) is 20.8. The molecule has 8 heteroatoms. The summed E-state index contributed by atoms with van der Waals surface area (Å²) in [4.78, 5) is 32.7. The third kappa shape index (κ3) is 10.2. The monoisotopic (exact) mass is 739 g/mol. The Kier molecular flexibility index (Phi) is 15.4. The molecule has 0 radical (unpaired) electrons. The van der Waals surface area contributed by atoms with Crippen LogP contribution in [-0.4, -0.2) is 83.8 Å². The summed E-state index contributed by atoms with van der Waals surface area (Å²) in [6.45, 7) is 13.6. The van der Waals surface area contributed by atoms with Crippen molar-refractivity contribution < 1.29 is 24.5 Å². The zero-order valence-corrected chi connectivity index (χ0v) is 33.4. The van der Waals surface area contributed by atoms with Crippen molar-refractivity contribution in [1.29, 1.82) is 0 Å². The fourth-order valence-electron chi connectivity index (χ4n) is 8.82. The molecule has 3 aliphatic rings. The summed E-state index contributed by atoms with van der Waals surface area (Å²) in [5, 5.41) is 28.2. The number of aliphatic hydroxyl groups is 2. The van der Waals surface area contributed by atoms with Gasteiger partial charge in [0.2, 0.25) is 0 Å². The molecule has 1 amide bonds. The van der Waals surface area contributed by atoms with Gasteiger partial charge in [-0.3, -0.25) is 9.69 Å². The lowest BCUT2D eigenvalue weighted by Gasteiger charge is -2.37. The summed E-state index contributed by atoms with van der Waals surface area (Å²) in [5.41, 5.74) is 0.539. The van der Waals surface area contributed by atoms with Crippen LogP contribution < -0.4 is 5.32 Å². The molecule has 1 saturated heterocycles. The highest BCUT2D eigenvalue weighted by molar-refractivity contribution is 5.88. The van der Waals surface area contributed by atoms with Crippen molar-refractivity contribution in [1.82, 2.24) is 15.1 Å². The zero-order valence-electron chi connectivity index (χ0n) is 33.4. The van der Waals surface area contributed by atoms with Gasteiger partial charge in [-0.2, -0.15) is 0 Å². The largest absolute Gasteiger partial charge is 0.450 e. The number of nitrogens with zero attached hydrogens (tertiary/aromatic N) is 2. The number of hydrogen-bond acceptors (Lipinski definition) is 7. The number of ether oxygens (including phenoxy) is 1. The molecule has 2 unspecified atom stereocenters. The van der Waals surface area contributed by atoms with Gasteiger partial charge in [-0.1, -0.05) is 106 Å². The van der Waals surface area contributed by atoms with E-state index in [1.807, 2.05) is 48.5 Å². The summed E-state index contributed by atoms with van der Waals surface area (Å²) < 4.78 is 5.69. The molecule has 2 aromatic carbocycles. The van der Waals surface area contributed by atoms with Gasteiger partial charge in [0.25, 0.3) is 5.91 Å². The number of esters is 1. The Bertz CT molecular complexity index is 1620. The van der Waals surface area contributed by atoms with Gasteiger partial charge >= 0.3 is 5.97 Å². The number of piperidine rings is 1. The number of carbonyl (C=O) groups is 2. The standard InChI is InChI=1S/C46H65N3O5/c1-5-48(6-2)28-12-13-32-54-44(51)46(53,39-20-8-7-9-21-39)41-25-15-19-37(34-41)36-18-14-24-40(33-36)45(52,38-22-10-11-23-38)43(50)47-42-26-30-49(31-27-42)29-16-17-35(3)4/h14-15,17-19,24-25,33-34,38-39,42,52-53H,5-11,16,20-23,26-32H2,1-4H3,(H,47,50). The van der Waals surface area contributed by atoms with Crippen molar-refractivity contribution in [2.45, 2.75) is 122 Å². The Balaban J connectivity index is 1.37. The van der Waals surface area contributed by atoms with Crippen molar-refractivity contribution in [3.63, 3.8) is 0 Å². The van der Waals surface area contributed by atoms with Crippen LogP contribution in [0.15, 0.2) is 60.2 Å². The van der Waals surface area contributed by atoms with E-state index in [1.165, 1.54) is 5.57 Å². The quantitative estimate of drug-likeness (QED) is 0.1000. The topological polar surface area (TPSA) is 102 Å². The van der Waals surface area contributed by atoms with Crippen molar-refractivity contribution >= 4 is 11.9 Å². The van der Waals surface area contributed by atoms with Crippen LogP contribution in [0.1, 0.15) is 116 Å². The van der Waals surface area contributed by atoms with E-state index in [1.54, 1.807) is 0 Å². The molecular weight excluding hydrogens is 675 g/mol. The van der Waals surface area contributed by atoms with Crippen LogP contribution in [0.25, 0.3) is 11.1 Å². The second-order valence-electron chi connectivity index (χ2n) is 16.1. The minimum Gasteiger partial charge on any atom is -0.450 e. The fourth-order valence-corrected chi connectivity index (χ4v) is 8.82. The molecule has 2 saturated carbocycles. The highest BCUT2D eigenvalue weighted by Gasteiger charge is 2.48. The number of amides is 1. The average Bonchev–Trinajstić information content (AvgIpc) is 3.75. The molecular formula is C46H65N3O5. The molecule has 3 fully saturated rings. The number of hydrogen-bond donors (Lipinski definition) is 3. The van der Waals surface area contributed by atoms with E-state index in [-0.39, 0.29) is 30.4 Å². The van der Waals surface area contributed by atoms with E-state index in [0.717, 1.165) is 121 Å². The van der Waals surface area contributed by atoms with Gasteiger partial charge in [0.15, 0.2) is 17.8 Å². The van der Waals surface area contributed by atoms with Gasteiger partial charge in [0, 0.05) is 37.5 Å². The second kappa shape index (κ2) is 19.9. The number of nitrogens with one attached hydrogen (secondary N) is 1. The number of likely N-dealkylation sites (tertiary alicyclic amines) is 1. The first-order valence-electron chi connectivity index (χ1n) is 20.8. The highest BCUT2D eigenvalue weighted by atomic mass is 16.5. The molecule has 8 nitrogen and oxygen atoms in total. The smallest absolute Gasteiger partial charge is 0.344 e. The molecule has 1 aliphatic heterocycles. The number of carbonyl (C=O) groups excluding carboxylic acids is 2. The normalized spacial score (nSPS) is 19.7. The number of allylic oxidation sites excluding steroid dienone is 1. The molecule has 0 spiro atoms. The Labute approximate surface area is 324 Å². The van der Waals surface area contributed by atoms with Crippen molar-refractivity contribution in [2.75, 3.05) is 45.9 Å². The average molecular weight is 740 g/mol. The molecule has 294 valence electrons. The van der Waals surface area contributed by atoms with Gasteiger partial charge in [-0.15, -0.1) is 0 Å². The van der Waals surface area contributed by atoms with Crippen molar-refractivity contribution in [2.24, 2.45) is 11.8 Å². The summed E-state index contributed by atoms with van der Waals surface area (Å²) in [5.74, 6) is 4.63. The van der Waals surface area contributed by atoms with E-state index in [4.69, 9.17) is 4.74 Å². The maximum absolute atomic E-state index is 14.2. The summed E-state index contributed by atoms with van der Waals surface area (Å²) >= 11 is 0. The van der Waals surface area contributed by atoms with E-state index in [2.05, 4.69) is 60.7 Å². The minimum absolute atomic E-state index is 0.0237. The van der Waals surface area contributed by atoms with Crippen LogP contribution in [0.2, 0.25) is 0 Å². The SMILES string of the molecule is CCN(CC)CC#CCOC(=O)C(O)(c1cccc(-c2cccc(C(O)(C(=O)NC3CCN(CCC=C(C)C)CC3)C3CCCC3)c2)c1)C1CCCCC1. The lowest BCUT2D eigenvalue weighted by molar-refractivity contribution is -0.174. The fraction of sp³-hybridized carbons (Fsp3) is 0.609. The lowest BCUT2D eigenvalue weighted by atomic mass is 9.73. The van der Waals surface area contributed by atoms with Crippen molar-refractivity contribution in [3.8, 4) is 23.0 Å². The third-order valence-electron chi connectivity index (χ3n) is 12.3. The molecule has 0 bridgehead atoms. The van der Waals surface area contributed by atoms with Crippen LogP contribution in [0, 0.1) is 23.7 Å². The van der Waals surface area contributed by atoms with Crippen LogP contribution >= 0.6 is 0 Å². The third-order valence-corrected chi connectivity index (χ3v) is 12.3. The van der Waals surface area contributed by atoms with Gasteiger partial charge in [-0.25, -0.2) is 4.79 Å². The van der Waals surface area contributed by atoms with E-state index in [9.17, 15) is 19.8 Å². The summed E-state index contributed by atoms with van der Waals surface area (Å²) in [6, 6.07) is 15.2. The number of rotatable bonds is 15. The second-order valence-corrected chi connectivity index (χ2v) is 16.1. The maximum atomic E-state index is 14.2. The van der Waals surface area contributed by atoms with Gasteiger partial charge in [0.05, 0.1) is 6.54 Å². The van der Waals surface area contributed by atoms with E-state index in [0.29, 0.717) is 17.7 Å². The summed E-state index contributed by atoms with van der Waals surface area (Å²) in [7, 11) is 0. The van der Waals surface area contributed by atoms with Crippen LogP contribution in [0.4, 0.5) is 0 Å². The molecule has 0 aromatic heterocycles. The molecule has 2 atom stereocenters. The minimum atomic E-state index is -1.82. The van der Waals surface area contributed by atoms with Gasteiger partial charge in [0.1, 0.15) is 0 Å². The van der Waals surface area contributed by atoms with E-state index < -0.39 is 17.2 Å². The summed E-state index contributed by atoms with van der Waals surface area (Å²) in [6.07, 6.45) is 13.1. The Morgan fingerprint density at radius 1 is 0.833 bits per heavy atom. The van der Waals surface area contributed by atoms with Gasteiger partial charge < -0.3 is 25.2 Å². The predicted molar refractivity (Wildman–Crippen MR) is 216 cm³/mol. The Hall–Kier alpha value is -3.48. The first-order chi connectivity index (χ1) is 26.1. The van der Waals surface area contributed by atoms with Crippen LogP contribution in [-0.2, 0) is 25.5 Å². The van der Waals surface area contributed by atoms with E-state index >= 15 is 0 Å². The van der Waals surface area contributed by atoms with Gasteiger partial charge in [-0.05, 0) is 106 Å². The highest BCUT2D eigenvalue weighted by Crippen LogP contribution is 2.44. The molecule has 5 rings (SSSR count). The molecule has 1 heterocycles. The predicted octanol–water partition coefficient (Wildman–Crippen LogP) is 7.32. The lowest BCUT2D eigenvalue weighted by Crippen LogP contribution is -2.54. The molecule has 54 heavy (non-hydrogen) atoms. The molecule has 2 aromatic rings. The maximum Gasteiger partial charge on any atom is 0.344 e. The molecule has 3 N–H and O–H groups in total.